The molecule has 0 aliphatic heterocycles. The normalized spacial score (nSPS) is 10.8. The zero-order chi connectivity index (χ0) is 10.1. The first-order chi connectivity index (χ1) is 6.74. The van der Waals surface area contributed by atoms with Crippen LogP contribution >= 0.6 is 11.6 Å². The summed E-state index contributed by atoms with van der Waals surface area (Å²) >= 11 is 6.21. The van der Waals surface area contributed by atoms with E-state index in [2.05, 4.69) is 4.98 Å². The van der Waals surface area contributed by atoms with Crippen LogP contribution < -0.4 is 5.73 Å². The molecule has 0 atom stereocenters. The third kappa shape index (κ3) is 1.37. The molecule has 0 spiro atoms. The predicted octanol–water partition coefficient (Wildman–Crippen LogP) is 2.66. The van der Waals surface area contributed by atoms with Gasteiger partial charge in [-0.05, 0) is 18.6 Å². The van der Waals surface area contributed by atoms with Crippen molar-refractivity contribution in [2.24, 2.45) is 5.73 Å². The summed E-state index contributed by atoms with van der Waals surface area (Å²) in [4.78, 5) is 4.44. The van der Waals surface area contributed by atoms with E-state index in [1.54, 1.807) is 0 Å². The fourth-order valence-corrected chi connectivity index (χ4v) is 1.78. The first kappa shape index (κ1) is 9.44. The highest BCUT2D eigenvalue weighted by Crippen LogP contribution is 2.27. The SMILES string of the molecule is Cc1c(CN)nc2ccccc2c1Cl. The zero-order valence-corrected chi connectivity index (χ0v) is 8.67. The van der Waals surface area contributed by atoms with Crippen LogP contribution in [0.25, 0.3) is 10.9 Å². The third-order valence-electron chi connectivity index (χ3n) is 2.35. The molecule has 2 nitrogen and oxygen atoms in total. The second-order valence-electron chi connectivity index (χ2n) is 3.22. The van der Waals surface area contributed by atoms with Gasteiger partial charge >= 0.3 is 0 Å². The van der Waals surface area contributed by atoms with E-state index < -0.39 is 0 Å². The van der Waals surface area contributed by atoms with Crippen molar-refractivity contribution in [1.29, 1.82) is 0 Å². The van der Waals surface area contributed by atoms with E-state index in [0.29, 0.717) is 6.54 Å². The Morgan fingerprint density at radius 2 is 2.07 bits per heavy atom. The topological polar surface area (TPSA) is 38.9 Å². The summed E-state index contributed by atoms with van der Waals surface area (Å²) in [5.74, 6) is 0. The van der Waals surface area contributed by atoms with Crippen molar-refractivity contribution in [3.8, 4) is 0 Å². The lowest BCUT2D eigenvalue weighted by Crippen LogP contribution is -2.03. The van der Waals surface area contributed by atoms with Crippen molar-refractivity contribution in [2.75, 3.05) is 0 Å². The van der Waals surface area contributed by atoms with Crippen LogP contribution in [0.4, 0.5) is 0 Å². The minimum Gasteiger partial charge on any atom is -0.325 e. The van der Waals surface area contributed by atoms with Gasteiger partial charge in [-0.3, -0.25) is 4.98 Å². The number of nitrogens with two attached hydrogens (primary N) is 1. The lowest BCUT2D eigenvalue weighted by atomic mass is 10.1. The average molecular weight is 207 g/mol. The Morgan fingerprint density at radius 1 is 1.36 bits per heavy atom. The van der Waals surface area contributed by atoms with Crippen LogP contribution in [0.15, 0.2) is 24.3 Å². The fourth-order valence-electron chi connectivity index (χ4n) is 1.51. The molecule has 0 saturated heterocycles. The molecule has 0 aliphatic carbocycles. The Hall–Kier alpha value is -1.12. The molecular formula is C11H11ClN2. The third-order valence-corrected chi connectivity index (χ3v) is 2.84. The van der Waals surface area contributed by atoms with E-state index in [1.807, 2.05) is 31.2 Å². The number of aromatic nitrogens is 1. The number of rotatable bonds is 1. The summed E-state index contributed by atoms with van der Waals surface area (Å²) in [6, 6.07) is 7.82. The van der Waals surface area contributed by atoms with Crippen LogP contribution in [-0.4, -0.2) is 4.98 Å². The minimum atomic E-state index is 0.427. The first-order valence-electron chi connectivity index (χ1n) is 4.48. The highest BCUT2D eigenvalue weighted by Gasteiger charge is 2.07. The van der Waals surface area contributed by atoms with E-state index >= 15 is 0 Å². The van der Waals surface area contributed by atoms with E-state index in [4.69, 9.17) is 17.3 Å². The Balaban J connectivity index is 2.85. The van der Waals surface area contributed by atoms with Crippen molar-refractivity contribution in [2.45, 2.75) is 13.5 Å². The number of halogens is 1. The summed E-state index contributed by atoms with van der Waals surface area (Å²) in [6.07, 6.45) is 0. The number of hydrogen-bond acceptors (Lipinski definition) is 2. The second-order valence-corrected chi connectivity index (χ2v) is 3.60. The Bertz CT molecular complexity index is 480. The standard InChI is InChI=1S/C11H11ClN2/c1-7-10(6-13)14-9-5-3-2-4-8(9)11(7)12/h2-5H,6,13H2,1H3. The summed E-state index contributed by atoms with van der Waals surface area (Å²) in [5.41, 5.74) is 8.34. The number of nitrogens with zero attached hydrogens (tertiary/aromatic N) is 1. The van der Waals surface area contributed by atoms with Gasteiger partial charge in [0.15, 0.2) is 0 Å². The molecule has 0 aliphatic rings. The summed E-state index contributed by atoms with van der Waals surface area (Å²) in [6.45, 7) is 2.38. The van der Waals surface area contributed by atoms with E-state index in [1.165, 1.54) is 0 Å². The van der Waals surface area contributed by atoms with Gasteiger partial charge in [0, 0.05) is 11.9 Å². The van der Waals surface area contributed by atoms with Crippen molar-refractivity contribution in [1.82, 2.24) is 4.98 Å². The summed E-state index contributed by atoms with van der Waals surface area (Å²) in [5, 5.41) is 1.75. The van der Waals surface area contributed by atoms with Crippen LogP contribution in [0.5, 0.6) is 0 Å². The van der Waals surface area contributed by atoms with Gasteiger partial charge in [-0.2, -0.15) is 0 Å². The van der Waals surface area contributed by atoms with E-state index in [0.717, 1.165) is 27.2 Å². The molecule has 2 rings (SSSR count). The smallest absolute Gasteiger partial charge is 0.0721 e. The van der Waals surface area contributed by atoms with Crippen LogP contribution in [0, 0.1) is 6.92 Å². The number of pyridine rings is 1. The quantitative estimate of drug-likeness (QED) is 0.779. The average Bonchev–Trinajstić information content (AvgIpc) is 2.23. The molecule has 0 bridgehead atoms. The molecule has 0 amide bonds. The number of para-hydroxylation sites is 1. The lowest BCUT2D eigenvalue weighted by Gasteiger charge is -2.07. The van der Waals surface area contributed by atoms with Crippen molar-refractivity contribution in [3.05, 3.63) is 40.5 Å². The highest BCUT2D eigenvalue weighted by molar-refractivity contribution is 6.36. The molecule has 0 radical (unpaired) electrons. The Labute approximate surface area is 87.7 Å². The second kappa shape index (κ2) is 3.56. The number of benzene rings is 1. The molecule has 14 heavy (non-hydrogen) atoms. The maximum atomic E-state index is 6.21. The maximum absolute atomic E-state index is 6.21. The van der Waals surface area contributed by atoms with Gasteiger partial charge in [0.05, 0.1) is 16.2 Å². The molecule has 3 heteroatoms. The molecule has 0 fully saturated rings. The molecule has 0 unspecified atom stereocenters. The predicted molar refractivity (Wildman–Crippen MR) is 59.4 cm³/mol. The van der Waals surface area contributed by atoms with Gasteiger partial charge in [-0.15, -0.1) is 0 Å². The van der Waals surface area contributed by atoms with Gasteiger partial charge in [0.1, 0.15) is 0 Å². The van der Waals surface area contributed by atoms with Crippen LogP contribution in [0.1, 0.15) is 11.3 Å². The molecule has 72 valence electrons. The van der Waals surface area contributed by atoms with Gasteiger partial charge in [-0.1, -0.05) is 29.8 Å². The Kier molecular flexibility index (Phi) is 2.40. The lowest BCUT2D eigenvalue weighted by molar-refractivity contribution is 0.985. The van der Waals surface area contributed by atoms with Crippen molar-refractivity contribution >= 4 is 22.5 Å². The van der Waals surface area contributed by atoms with Gasteiger partial charge < -0.3 is 5.73 Å². The van der Waals surface area contributed by atoms with Gasteiger partial charge in [0.25, 0.3) is 0 Å². The maximum Gasteiger partial charge on any atom is 0.0721 e. The highest BCUT2D eigenvalue weighted by atomic mass is 35.5. The zero-order valence-electron chi connectivity index (χ0n) is 7.92. The van der Waals surface area contributed by atoms with Crippen molar-refractivity contribution in [3.63, 3.8) is 0 Å². The number of fused-ring (bicyclic) bond motifs is 1. The monoisotopic (exact) mass is 206 g/mol. The fraction of sp³-hybridized carbons (Fsp3) is 0.182. The van der Waals surface area contributed by atoms with E-state index in [-0.39, 0.29) is 0 Å². The van der Waals surface area contributed by atoms with E-state index in [9.17, 15) is 0 Å². The molecular weight excluding hydrogens is 196 g/mol. The largest absolute Gasteiger partial charge is 0.325 e. The van der Waals surface area contributed by atoms with Gasteiger partial charge in [0.2, 0.25) is 0 Å². The van der Waals surface area contributed by atoms with Crippen LogP contribution in [-0.2, 0) is 6.54 Å². The molecule has 1 aromatic carbocycles. The molecule has 1 aromatic heterocycles. The molecule has 2 aromatic rings. The minimum absolute atomic E-state index is 0.427. The molecule has 2 N–H and O–H groups in total. The first-order valence-corrected chi connectivity index (χ1v) is 4.85. The summed E-state index contributed by atoms with van der Waals surface area (Å²) in [7, 11) is 0. The summed E-state index contributed by atoms with van der Waals surface area (Å²) < 4.78 is 0. The Morgan fingerprint density at radius 3 is 2.79 bits per heavy atom. The van der Waals surface area contributed by atoms with Crippen LogP contribution in [0.3, 0.4) is 0 Å². The number of hydrogen-bond donors (Lipinski definition) is 1. The molecule has 0 saturated carbocycles. The molecule has 1 heterocycles. The van der Waals surface area contributed by atoms with Crippen LogP contribution in [0.2, 0.25) is 5.02 Å². The van der Waals surface area contributed by atoms with Crippen molar-refractivity contribution < 1.29 is 0 Å². The van der Waals surface area contributed by atoms with Gasteiger partial charge in [-0.25, -0.2) is 0 Å².